The van der Waals surface area contributed by atoms with Gasteiger partial charge < -0.3 is 14.8 Å². The maximum absolute atomic E-state index is 12.8. The summed E-state index contributed by atoms with van der Waals surface area (Å²) in [6, 6.07) is 12.9. The van der Waals surface area contributed by atoms with Crippen LogP contribution in [0.3, 0.4) is 0 Å². The average molecular weight is 525 g/mol. The monoisotopic (exact) mass is 524 g/mol. The summed E-state index contributed by atoms with van der Waals surface area (Å²) < 4.78 is 15.7. The summed E-state index contributed by atoms with van der Waals surface area (Å²) in [5.74, 6) is 1.26. The number of ether oxygens (including phenoxy) is 2. The number of rotatable bonds is 9. The molecule has 9 nitrogen and oxygen atoms in total. The summed E-state index contributed by atoms with van der Waals surface area (Å²) >= 11 is 6.64. The Hall–Kier alpha value is -3.70. The van der Waals surface area contributed by atoms with Gasteiger partial charge in [0.25, 0.3) is 5.91 Å². The van der Waals surface area contributed by atoms with Crippen molar-refractivity contribution in [3.63, 3.8) is 0 Å². The minimum absolute atomic E-state index is 0.167. The van der Waals surface area contributed by atoms with E-state index in [1.807, 2.05) is 43.3 Å². The van der Waals surface area contributed by atoms with Crippen molar-refractivity contribution in [3.8, 4) is 22.8 Å². The molecule has 1 aliphatic heterocycles. The molecule has 186 valence electrons. The van der Waals surface area contributed by atoms with Crippen LogP contribution in [0.5, 0.6) is 11.5 Å². The molecule has 1 fully saturated rings. The van der Waals surface area contributed by atoms with Crippen LogP contribution in [0.1, 0.15) is 24.0 Å². The van der Waals surface area contributed by atoms with Gasteiger partial charge in [0, 0.05) is 18.5 Å². The van der Waals surface area contributed by atoms with Crippen LogP contribution in [-0.2, 0) is 9.59 Å². The fourth-order valence-corrected chi connectivity index (χ4v) is 4.92. The van der Waals surface area contributed by atoms with Gasteiger partial charge in [0.05, 0.1) is 19.1 Å². The van der Waals surface area contributed by atoms with Crippen LogP contribution in [0.4, 0.5) is 5.82 Å². The van der Waals surface area contributed by atoms with Crippen LogP contribution in [0.2, 0.25) is 0 Å². The third-order valence-corrected chi connectivity index (χ3v) is 6.89. The Morgan fingerprint density at radius 2 is 1.86 bits per heavy atom. The Morgan fingerprint density at radius 3 is 2.56 bits per heavy atom. The molecule has 0 unspecified atom stereocenters. The van der Waals surface area contributed by atoms with E-state index < -0.39 is 0 Å². The fourth-order valence-electron chi connectivity index (χ4n) is 3.61. The maximum atomic E-state index is 12.8. The van der Waals surface area contributed by atoms with Gasteiger partial charge in [0.2, 0.25) is 11.7 Å². The molecule has 2 aromatic carbocycles. The molecule has 0 saturated carbocycles. The fraction of sp³-hybridized carbons (Fsp3) is 0.240. The number of thioether (sulfide) groups is 1. The van der Waals surface area contributed by atoms with Crippen molar-refractivity contribution >= 4 is 52.0 Å². The lowest BCUT2D eigenvalue weighted by Gasteiger charge is -2.14. The second-order valence-electron chi connectivity index (χ2n) is 7.90. The van der Waals surface area contributed by atoms with Crippen molar-refractivity contribution < 1.29 is 23.7 Å². The average Bonchev–Trinajstić information content (AvgIpc) is 3.43. The van der Waals surface area contributed by atoms with Crippen LogP contribution in [0.25, 0.3) is 17.3 Å². The highest BCUT2D eigenvalue weighted by Crippen LogP contribution is 2.33. The summed E-state index contributed by atoms with van der Waals surface area (Å²) in [6.45, 7) is 2.24. The predicted octanol–water partition coefficient (Wildman–Crippen LogP) is 4.68. The molecule has 1 N–H and O–H groups in total. The van der Waals surface area contributed by atoms with Crippen molar-refractivity contribution in [2.75, 3.05) is 26.1 Å². The number of aryl methyl sites for hydroxylation is 1. The number of amides is 2. The first-order valence-electron chi connectivity index (χ1n) is 11.1. The van der Waals surface area contributed by atoms with Crippen molar-refractivity contribution in [2.45, 2.75) is 19.8 Å². The molecule has 0 radical (unpaired) electrons. The third kappa shape index (κ3) is 5.74. The molecule has 0 bridgehead atoms. The standard InChI is InChI=1S/C25H24N4O5S2/c1-15-13-18(33-3)10-11-19(15)22-23(28-34-27-22)26-21(30)5-4-12-29-24(31)20(36-25(29)35)14-16-6-8-17(32-2)9-7-16/h6-11,13-14H,4-5,12H2,1-3H3,(H,26,28,30)/b20-14-. The molecular weight excluding hydrogens is 500 g/mol. The van der Waals surface area contributed by atoms with Gasteiger partial charge in [-0.1, -0.05) is 36.1 Å². The first-order valence-corrected chi connectivity index (χ1v) is 12.3. The number of nitrogens with zero attached hydrogens (tertiary/aromatic N) is 3. The third-order valence-electron chi connectivity index (χ3n) is 5.51. The Morgan fingerprint density at radius 1 is 1.14 bits per heavy atom. The summed E-state index contributed by atoms with van der Waals surface area (Å²) in [5, 5.41) is 10.5. The number of methoxy groups -OCH3 is 2. The number of aromatic nitrogens is 2. The molecule has 2 heterocycles. The summed E-state index contributed by atoms with van der Waals surface area (Å²) in [4.78, 5) is 27.5. The number of thiocarbonyl (C=S) groups is 1. The van der Waals surface area contributed by atoms with Gasteiger partial charge in [0.1, 0.15) is 15.8 Å². The number of nitrogens with one attached hydrogen (secondary N) is 1. The van der Waals surface area contributed by atoms with Crippen molar-refractivity contribution in [1.29, 1.82) is 0 Å². The van der Waals surface area contributed by atoms with Crippen LogP contribution in [0.15, 0.2) is 52.0 Å². The van der Waals surface area contributed by atoms with Crippen molar-refractivity contribution in [1.82, 2.24) is 15.2 Å². The van der Waals surface area contributed by atoms with Crippen LogP contribution in [-0.4, -0.2) is 52.1 Å². The SMILES string of the molecule is COc1ccc(/C=C2\SC(=S)N(CCCC(=O)Nc3nonc3-c3ccc(OC)cc3C)C2=O)cc1. The topological polar surface area (TPSA) is 107 Å². The maximum Gasteiger partial charge on any atom is 0.266 e. The molecule has 3 aromatic rings. The second kappa shape index (κ2) is 11.4. The lowest BCUT2D eigenvalue weighted by Crippen LogP contribution is -2.29. The number of anilines is 1. The van der Waals surface area contributed by atoms with Gasteiger partial charge in [-0.15, -0.1) is 0 Å². The molecule has 2 amide bonds. The minimum atomic E-state index is -0.266. The quantitative estimate of drug-likeness (QED) is 0.315. The lowest BCUT2D eigenvalue weighted by molar-refractivity contribution is -0.122. The largest absolute Gasteiger partial charge is 0.497 e. The number of carbonyl (C=O) groups is 2. The highest BCUT2D eigenvalue weighted by atomic mass is 32.2. The van der Waals surface area contributed by atoms with E-state index in [-0.39, 0.29) is 24.1 Å². The van der Waals surface area contributed by atoms with E-state index in [9.17, 15) is 9.59 Å². The second-order valence-corrected chi connectivity index (χ2v) is 9.58. The van der Waals surface area contributed by atoms with Crippen LogP contribution < -0.4 is 14.8 Å². The molecule has 1 aromatic heterocycles. The zero-order valence-electron chi connectivity index (χ0n) is 19.9. The Labute approximate surface area is 217 Å². The van der Waals surface area contributed by atoms with E-state index in [0.29, 0.717) is 33.6 Å². The van der Waals surface area contributed by atoms with Crippen molar-refractivity contribution in [2.24, 2.45) is 0 Å². The molecule has 36 heavy (non-hydrogen) atoms. The molecule has 1 saturated heterocycles. The van der Waals surface area contributed by atoms with E-state index in [1.54, 1.807) is 26.4 Å². The summed E-state index contributed by atoms with van der Waals surface area (Å²) in [5.41, 5.74) is 2.98. The van der Waals surface area contributed by atoms with Crippen molar-refractivity contribution in [3.05, 3.63) is 58.5 Å². The molecule has 11 heteroatoms. The molecule has 1 aliphatic rings. The number of benzene rings is 2. The molecule has 0 aliphatic carbocycles. The Bertz CT molecular complexity index is 1320. The number of carbonyl (C=O) groups excluding carboxylic acids is 2. The first kappa shape index (κ1) is 25.4. The highest BCUT2D eigenvalue weighted by Gasteiger charge is 2.31. The highest BCUT2D eigenvalue weighted by molar-refractivity contribution is 8.26. The molecular formula is C25H24N4O5S2. The Balaban J connectivity index is 1.33. The molecule has 0 spiro atoms. The first-order chi connectivity index (χ1) is 17.4. The normalized spacial score (nSPS) is 14.4. The van der Waals surface area contributed by atoms with Crippen LogP contribution >= 0.6 is 24.0 Å². The van der Waals surface area contributed by atoms with Crippen LogP contribution in [0, 0.1) is 6.92 Å². The van der Waals surface area contributed by atoms with E-state index in [2.05, 4.69) is 15.6 Å². The predicted molar refractivity (Wildman–Crippen MR) is 142 cm³/mol. The van der Waals surface area contributed by atoms with Gasteiger partial charge in [0.15, 0.2) is 5.69 Å². The van der Waals surface area contributed by atoms with E-state index >= 15 is 0 Å². The van der Waals surface area contributed by atoms with Gasteiger partial charge in [-0.2, -0.15) is 0 Å². The van der Waals surface area contributed by atoms with Gasteiger partial charge in [-0.3, -0.25) is 14.5 Å². The molecule has 0 atom stereocenters. The summed E-state index contributed by atoms with van der Waals surface area (Å²) in [7, 11) is 3.20. The zero-order chi connectivity index (χ0) is 25.7. The minimum Gasteiger partial charge on any atom is -0.497 e. The zero-order valence-corrected chi connectivity index (χ0v) is 21.6. The number of hydrogen-bond donors (Lipinski definition) is 1. The number of hydrogen-bond acceptors (Lipinski definition) is 9. The van der Waals surface area contributed by atoms with Gasteiger partial charge >= 0.3 is 0 Å². The lowest BCUT2D eigenvalue weighted by atomic mass is 10.1. The van der Waals surface area contributed by atoms with E-state index in [4.69, 9.17) is 26.3 Å². The van der Waals surface area contributed by atoms with Gasteiger partial charge in [-0.05, 0) is 71.2 Å². The summed E-state index contributed by atoms with van der Waals surface area (Å²) in [6.07, 6.45) is 2.39. The Kier molecular flexibility index (Phi) is 8.01. The smallest absolute Gasteiger partial charge is 0.266 e. The van der Waals surface area contributed by atoms with E-state index in [1.165, 1.54) is 16.7 Å². The molecule has 4 rings (SSSR count). The van der Waals surface area contributed by atoms with Gasteiger partial charge in [-0.25, -0.2) is 4.63 Å². The van der Waals surface area contributed by atoms with E-state index in [0.717, 1.165) is 22.4 Å².